The third-order valence-electron chi connectivity index (χ3n) is 2.86. The molecule has 1 aromatic heterocycles. The molecule has 0 spiro atoms. The van der Waals surface area contributed by atoms with Crippen LogP contribution in [0, 0.1) is 0 Å². The van der Waals surface area contributed by atoms with Crippen LogP contribution in [0.25, 0.3) is 0 Å². The molecule has 1 atom stereocenters. The van der Waals surface area contributed by atoms with Gasteiger partial charge in [0, 0.05) is 18.5 Å². The number of rotatable bonds is 6. The van der Waals surface area contributed by atoms with Crippen LogP contribution in [0.1, 0.15) is 30.1 Å². The molecule has 4 nitrogen and oxygen atoms in total. The van der Waals surface area contributed by atoms with E-state index in [1.165, 1.54) is 18.7 Å². The fourth-order valence-corrected chi connectivity index (χ4v) is 2.12. The number of ether oxygens (including phenoxy) is 1. The predicted molar refractivity (Wildman–Crippen MR) is 82.1 cm³/mol. The Morgan fingerprint density at radius 1 is 1.24 bits per heavy atom. The number of nitrogens with zero attached hydrogens (tertiary/aromatic N) is 2. The molecule has 110 valence electrons. The lowest BCUT2D eigenvalue weighted by molar-refractivity contribution is 0.0776. The van der Waals surface area contributed by atoms with E-state index in [4.69, 9.17) is 27.9 Å². The van der Waals surface area contributed by atoms with Crippen LogP contribution >= 0.6 is 23.2 Å². The molecule has 0 radical (unpaired) electrons. The quantitative estimate of drug-likeness (QED) is 0.747. The minimum Gasteiger partial charge on any atom is -0.482 e. The van der Waals surface area contributed by atoms with Gasteiger partial charge in [0.25, 0.3) is 0 Å². The van der Waals surface area contributed by atoms with Crippen LogP contribution in [0.2, 0.25) is 10.0 Å². The van der Waals surface area contributed by atoms with Gasteiger partial charge in [-0.05, 0) is 18.6 Å². The molecule has 2 aromatic rings. The van der Waals surface area contributed by atoms with Crippen LogP contribution in [0.5, 0.6) is 5.75 Å². The van der Waals surface area contributed by atoms with E-state index in [-0.39, 0.29) is 5.78 Å². The van der Waals surface area contributed by atoms with Gasteiger partial charge in [0.2, 0.25) is 5.78 Å². The van der Waals surface area contributed by atoms with Crippen LogP contribution in [-0.2, 0) is 0 Å². The summed E-state index contributed by atoms with van der Waals surface area (Å²) in [7, 11) is 0. The first kappa shape index (κ1) is 15.7. The van der Waals surface area contributed by atoms with Crippen molar-refractivity contribution in [3.8, 4) is 5.75 Å². The van der Waals surface area contributed by atoms with E-state index in [2.05, 4.69) is 9.97 Å². The molecule has 1 aromatic carbocycles. The Kier molecular flexibility index (Phi) is 5.53. The highest BCUT2D eigenvalue weighted by atomic mass is 35.5. The fraction of sp³-hybridized carbons (Fsp3) is 0.267. The zero-order valence-corrected chi connectivity index (χ0v) is 12.9. The topological polar surface area (TPSA) is 52.1 Å². The van der Waals surface area contributed by atoms with Gasteiger partial charge < -0.3 is 4.74 Å². The number of ketones is 1. The molecular weight excluding hydrogens is 311 g/mol. The molecule has 0 N–H and O–H groups in total. The SMILES string of the molecule is CCCC(Oc1ccc(Cl)c(Cl)c1)C(=O)c1cncnc1. The highest BCUT2D eigenvalue weighted by Gasteiger charge is 2.22. The highest BCUT2D eigenvalue weighted by Crippen LogP contribution is 2.27. The number of hydrogen-bond donors (Lipinski definition) is 0. The summed E-state index contributed by atoms with van der Waals surface area (Å²) in [6.07, 6.45) is 5.15. The summed E-state index contributed by atoms with van der Waals surface area (Å²) in [4.78, 5) is 20.1. The maximum absolute atomic E-state index is 12.4. The lowest BCUT2D eigenvalue weighted by atomic mass is 10.1. The molecule has 0 amide bonds. The van der Waals surface area contributed by atoms with Crippen LogP contribution in [0.4, 0.5) is 0 Å². The molecular formula is C15H14Cl2N2O2. The average molecular weight is 325 g/mol. The normalized spacial score (nSPS) is 12.0. The van der Waals surface area contributed by atoms with Gasteiger partial charge in [0.1, 0.15) is 12.1 Å². The molecule has 2 rings (SSSR count). The zero-order valence-electron chi connectivity index (χ0n) is 11.4. The molecule has 1 unspecified atom stereocenters. The van der Waals surface area contributed by atoms with Crippen molar-refractivity contribution >= 4 is 29.0 Å². The number of halogens is 2. The van der Waals surface area contributed by atoms with E-state index in [1.54, 1.807) is 18.2 Å². The van der Waals surface area contributed by atoms with Crippen molar-refractivity contribution in [3.63, 3.8) is 0 Å². The molecule has 6 heteroatoms. The summed E-state index contributed by atoms with van der Waals surface area (Å²) < 4.78 is 5.76. The summed E-state index contributed by atoms with van der Waals surface area (Å²) in [5.74, 6) is 0.358. The van der Waals surface area contributed by atoms with Gasteiger partial charge in [0.15, 0.2) is 6.10 Å². The monoisotopic (exact) mass is 324 g/mol. The number of carbonyl (C=O) groups is 1. The summed E-state index contributed by atoms with van der Waals surface area (Å²) in [6.45, 7) is 1.99. The van der Waals surface area contributed by atoms with Crippen molar-refractivity contribution < 1.29 is 9.53 Å². The van der Waals surface area contributed by atoms with Crippen molar-refractivity contribution in [2.45, 2.75) is 25.9 Å². The number of Topliss-reactive ketones (excluding diaryl/α,β-unsaturated/α-hetero) is 1. The van der Waals surface area contributed by atoms with E-state index in [9.17, 15) is 4.79 Å². The Hall–Kier alpha value is -1.65. The van der Waals surface area contributed by atoms with Gasteiger partial charge in [-0.1, -0.05) is 36.5 Å². The standard InChI is InChI=1S/C15H14Cl2N2O2/c1-2-3-14(15(20)10-7-18-9-19-8-10)21-11-4-5-12(16)13(17)6-11/h4-9,14H,2-3H2,1H3. The maximum Gasteiger partial charge on any atom is 0.206 e. The van der Waals surface area contributed by atoms with Crippen molar-refractivity contribution in [3.05, 3.63) is 52.5 Å². The lowest BCUT2D eigenvalue weighted by Crippen LogP contribution is -2.27. The molecule has 0 fully saturated rings. The molecule has 21 heavy (non-hydrogen) atoms. The minimum absolute atomic E-state index is 0.150. The molecule has 0 bridgehead atoms. The first-order valence-electron chi connectivity index (χ1n) is 6.52. The number of aromatic nitrogens is 2. The van der Waals surface area contributed by atoms with Gasteiger partial charge in [-0.25, -0.2) is 9.97 Å². The van der Waals surface area contributed by atoms with E-state index in [0.717, 1.165) is 6.42 Å². The third kappa shape index (κ3) is 4.16. The second kappa shape index (κ2) is 7.38. The zero-order chi connectivity index (χ0) is 15.2. The average Bonchev–Trinajstić information content (AvgIpc) is 2.50. The van der Waals surface area contributed by atoms with Crippen LogP contribution in [-0.4, -0.2) is 21.9 Å². The second-order valence-electron chi connectivity index (χ2n) is 4.46. The maximum atomic E-state index is 12.4. The summed E-state index contributed by atoms with van der Waals surface area (Å²) >= 11 is 11.8. The number of hydrogen-bond acceptors (Lipinski definition) is 4. The van der Waals surface area contributed by atoms with Gasteiger partial charge >= 0.3 is 0 Å². The lowest BCUT2D eigenvalue weighted by Gasteiger charge is -2.17. The Labute approximate surface area is 133 Å². The molecule has 0 aliphatic carbocycles. The summed E-state index contributed by atoms with van der Waals surface area (Å²) in [5.41, 5.74) is 0.427. The van der Waals surface area contributed by atoms with Crippen molar-refractivity contribution in [2.75, 3.05) is 0 Å². The molecule has 0 saturated carbocycles. The number of carbonyl (C=O) groups excluding carboxylic acids is 1. The third-order valence-corrected chi connectivity index (χ3v) is 3.60. The molecule has 0 aliphatic rings. The van der Waals surface area contributed by atoms with Gasteiger partial charge in [-0.15, -0.1) is 0 Å². The van der Waals surface area contributed by atoms with Gasteiger partial charge in [-0.3, -0.25) is 4.79 Å². The van der Waals surface area contributed by atoms with E-state index < -0.39 is 6.10 Å². The van der Waals surface area contributed by atoms with Crippen molar-refractivity contribution in [1.29, 1.82) is 0 Å². The Bertz CT molecular complexity index is 620. The van der Waals surface area contributed by atoms with E-state index >= 15 is 0 Å². The first-order chi connectivity index (χ1) is 10.1. The summed E-state index contributed by atoms with van der Waals surface area (Å²) in [5, 5.41) is 0.832. The fourth-order valence-electron chi connectivity index (χ4n) is 1.83. The van der Waals surface area contributed by atoms with Crippen LogP contribution in [0.3, 0.4) is 0 Å². The smallest absolute Gasteiger partial charge is 0.206 e. The van der Waals surface area contributed by atoms with Crippen molar-refractivity contribution in [1.82, 2.24) is 9.97 Å². The van der Waals surface area contributed by atoms with E-state index in [0.29, 0.717) is 27.8 Å². The Balaban J connectivity index is 2.19. The molecule has 1 heterocycles. The first-order valence-corrected chi connectivity index (χ1v) is 7.28. The summed E-state index contributed by atoms with van der Waals surface area (Å²) in [6, 6.07) is 4.92. The van der Waals surface area contributed by atoms with E-state index in [1.807, 2.05) is 6.92 Å². The number of benzene rings is 1. The minimum atomic E-state index is -0.599. The van der Waals surface area contributed by atoms with Gasteiger partial charge in [-0.2, -0.15) is 0 Å². The molecule has 0 saturated heterocycles. The largest absolute Gasteiger partial charge is 0.482 e. The van der Waals surface area contributed by atoms with Crippen molar-refractivity contribution in [2.24, 2.45) is 0 Å². The second-order valence-corrected chi connectivity index (χ2v) is 5.28. The van der Waals surface area contributed by atoms with Crippen LogP contribution in [0.15, 0.2) is 36.9 Å². The Morgan fingerprint density at radius 3 is 2.57 bits per heavy atom. The van der Waals surface area contributed by atoms with Gasteiger partial charge in [0.05, 0.1) is 15.6 Å². The predicted octanol–water partition coefficient (Wildman–Crippen LogP) is 4.21. The van der Waals surface area contributed by atoms with Crippen LogP contribution < -0.4 is 4.74 Å². The highest BCUT2D eigenvalue weighted by molar-refractivity contribution is 6.42. The Morgan fingerprint density at radius 2 is 1.95 bits per heavy atom. The molecule has 0 aliphatic heterocycles.